The van der Waals surface area contributed by atoms with E-state index in [-0.39, 0.29) is 6.04 Å². The molecule has 1 aliphatic heterocycles. The summed E-state index contributed by atoms with van der Waals surface area (Å²) in [6, 6.07) is 5.19. The Hall–Kier alpha value is -1.31. The fourth-order valence-corrected chi connectivity index (χ4v) is 4.65. The molecule has 2 fully saturated rings. The van der Waals surface area contributed by atoms with E-state index in [0.717, 1.165) is 57.5 Å². The van der Waals surface area contributed by atoms with Crippen molar-refractivity contribution in [3.05, 3.63) is 18.2 Å². The SMILES string of the molecule is COc1ccc(S(=O)(=O)NC2CCCC2)cc1N1CCNCC1. The molecule has 23 heavy (non-hydrogen) atoms. The fraction of sp³-hybridized carbons (Fsp3) is 0.625. The summed E-state index contributed by atoms with van der Waals surface area (Å²) in [6.45, 7) is 3.47. The van der Waals surface area contributed by atoms with Gasteiger partial charge in [-0.2, -0.15) is 0 Å². The highest BCUT2D eigenvalue weighted by Gasteiger charge is 2.25. The van der Waals surface area contributed by atoms with Crippen molar-refractivity contribution in [3.8, 4) is 5.75 Å². The quantitative estimate of drug-likeness (QED) is 0.847. The molecule has 0 unspecified atom stereocenters. The van der Waals surface area contributed by atoms with Gasteiger partial charge in [0.05, 0.1) is 17.7 Å². The molecule has 1 aromatic rings. The van der Waals surface area contributed by atoms with Crippen LogP contribution in [-0.2, 0) is 10.0 Å². The summed E-state index contributed by atoms with van der Waals surface area (Å²) in [6.07, 6.45) is 4.06. The predicted octanol–water partition coefficient (Wildman–Crippen LogP) is 1.33. The van der Waals surface area contributed by atoms with E-state index in [9.17, 15) is 8.42 Å². The Bertz CT molecular complexity index is 636. The lowest BCUT2D eigenvalue weighted by atomic mass is 10.2. The third-order valence-corrected chi connectivity index (χ3v) is 6.11. The van der Waals surface area contributed by atoms with Crippen LogP contribution < -0.4 is 19.7 Å². The summed E-state index contributed by atoms with van der Waals surface area (Å²) in [7, 11) is -1.86. The summed E-state index contributed by atoms with van der Waals surface area (Å²) < 4.78 is 33.5. The average molecular weight is 339 g/mol. The van der Waals surface area contributed by atoms with Gasteiger partial charge in [-0.25, -0.2) is 13.1 Å². The molecule has 7 heteroatoms. The van der Waals surface area contributed by atoms with E-state index in [1.807, 2.05) is 0 Å². The Morgan fingerprint density at radius 1 is 1.22 bits per heavy atom. The first-order valence-electron chi connectivity index (χ1n) is 8.26. The van der Waals surface area contributed by atoms with Crippen molar-refractivity contribution in [1.29, 1.82) is 0 Å². The first-order valence-corrected chi connectivity index (χ1v) is 9.74. The van der Waals surface area contributed by atoms with Crippen LogP contribution in [0.2, 0.25) is 0 Å². The number of benzene rings is 1. The molecule has 0 amide bonds. The Balaban J connectivity index is 1.86. The number of anilines is 1. The molecule has 1 saturated carbocycles. The van der Waals surface area contributed by atoms with Crippen LogP contribution in [0.25, 0.3) is 0 Å². The van der Waals surface area contributed by atoms with Crippen LogP contribution in [0.3, 0.4) is 0 Å². The molecule has 3 rings (SSSR count). The molecule has 1 heterocycles. The topological polar surface area (TPSA) is 70.7 Å². The number of hydrogen-bond donors (Lipinski definition) is 2. The summed E-state index contributed by atoms with van der Waals surface area (Å²) in [5, 5.41) is 3.30. The number of nitrogens with one attached hydrogen (secondary N) is 2. The van der Waals surface area contributed by atoms with Gasteiger partial charge < -0.3 is 15.0 Å². The first-order chi connectivity index (χ1) is 11.1. The zero-order valence-corrected chi connectivity index (χ0v) is 14.4. The Kier molecular flexibility index (Phi) is 5.08. The van der Waals surface area contributed by atoms with Crippen LogP contribution >= 0.6 is 0 Å². The Morgan fingerprint density at radius 2 is 1.91 bits per heavy atom. The second-order valence-corrected chi connectivity index (χ2v) is 7.89. The van der Waals surface area contributed by atoms with Crippen molar-refractivity contribution < 1.29 is 13.2 Å². The lowest BCUT2D eigenvalue weighted by molar-refractivity contribution is 0.412. The minimum atomic E-state index is -3.48. The van der Waals surface area contributed by atoms with E-state index >= 15 is 0 Å². The van der Waals surface area contributed by atoms with Crippen LogP contribution in [0.15, 0.2) is 23.1 Å². The maximum absolute atomic E-state index is 12.6. The number of nitrogens with zero attached hydrogens (tertiary/aromatic N) is 1. The minimum absolute atomic E-state index is 0.0738. The molecule has 128 valence electrons. The van der Waals surface area contributed by atoms with E-state index in [0.29, 0.717) is 10.6 Å². The van der Waals surface area contributed by atoms with Gasteiger partial charge >= 0.3 is 0 Å². The third-order valence-electron chi connectivity index (χ3n) is 4.60. The molecule has 0 spiro atoms. The predicted molar refractivity (Wildman–Crippen MR) is 90.7 cm³/mol. The molecule has 2 N–H and O–H groups in total. The van der Waals surface area contributed by atoms with Gasteiger partial charge in [0, 0.05) is 32.2 Å². The molecule has 0 bridgehead atoms. The van der Waals surface area contributed by atoms with Crippen molar-refractivity contribution in [2.75, 3.05) is 38.2 Å². The number of hydrogen-bond acceptors (Lipinski definition) is 5. The van der Waals surface area contributed by atoms with Crippen molar-refractivity contribution in [2.45, 2.75) is 36.6 Å². The van der Waals surface area contributed by atoms with E-state index in [1.54, 1.807) is 25.3 Å². The molecule has 0 radical (unpaired) electrons. The van der Waals surface area contributed by atoms with Crippen LogP contribution in [0, 0.1) is 0 Å². The van der Waals surface area contributed by atoms with E-state index in [2.05, 4.69) is 14.9 Å². The molecule has 6 nitrogen and oxygen atoms in total. The van der Waals surface area contributed by atoms with Gasteiger partial charge in [0.1, 0.15) is 5.75 Å². The zero-order valence-electron chi connectivity index (χ0n) is 13.5. The molecule has 1 aromatic carbocycles. The maximum atomic E-state index is 12.6. The van der Waals surface area contributed by atoms with Gasteiger partial charge in [0.15, 0.2) is 0 Å². The Labute approximate surface area is 138 Å². The highest BCUT2D eigenvalue weighted by atomic mass is 32.2. The normalized spacial score (nSPS) is 20.0. The fourth-order valence-electron chi connectivity index (χ4n) is 3.32. The standard InChI is InChI=1S/C16H25N3O3S/c1-22-16-7-6-14(12-15(16)19-10-8-17-9-11-19)23(20,21)18-13-4-2-3-5-13/h6-7,12-13,17-18H,2-5,8-11H2,1H3. The molecule has 2 aliphatic rings. The second kappa shape index (κ2) is 7.07. The highest BCUT2D eigenvalue weighted by Crippen LogP contribution is 2.31. The average Bonchev–Trinajstić information content (AvgIpc) is 3.07. The molecule has 1 saturated heterocycles. The smallest absolute Gasteiger partial charge is 0.240 e. The molecule has 0 atom stereocenters. The van der Waals surface area contributed by atoms with Crippen molar-refractivity contribution >= 4 is 15.7 Å². The van der Waals surface area contributed by atoms with Gasteiger partial charge in [-0.15, -0.1) is 0 Å². The summed E-state index contributed by atoms with van der Waals surface area (Å²) in [5.74, 6) is 0.715. The zero-order chi connectivity index (χ0) is 16.3. The van der Waals surface area contributed by atoms with Crippen LogP contribution in [0.4, 0.5) is 5.69 Å². The van der Waals surface area contributed by atoms with Gasteiger partial charge in [-0.3, -0.25) is 0 Å². The van der Waals surface area contributed by atoms with Crippen LogP contribution in [0.1, 0.15) is 25.7 Å². The van der Waals surface area contributed by atoms with Crippen LogP contribution in [0.5, 0.6) is 5.75 Å². The molecule has 0 aromatic heterocycles. The van der Waals surface area contributed by atoms with Gasteiger partial charge in [0.2, 0.25) is 10.0 Å². The molecule has 1 aliphatic carbocycles. The molecular formula is C16H25N3O3S. The van der Waals surface area contributed by atoms with Crippen molar-refractivity contribution in [2.24, 2.45) is 0 Å². The highest BCUT2D eigenvalue weighted by molar-refractivity contribution is 7.89. The first kappa shape index (κ1) is 16.5. The van der Waals surface area contributed by atoms with E-state index in [4.69, 9.17) is 4.74 Å². The summed E-state index contributed by atoms with van der Waals surface area (Å²) >= 11 is 0. The maximum Gasteiger partial charge on any atom is 0.240 e. The summed E-state index contributed by atoms with van der Waals surface area (Å²) in [4.78, 5) is 2.49. The second-order valence-electron chi connectivity index (χ2n) is 6.17. The van der Waals surface area contributed by atoms with Gasteiger partial charge in [-0.1, -0.05) is 12.8 Å². The number of sulfonamides is 1. The number of ether oxygens (including phenoxy) is 1. The lowest BCUT2D eigenvalue weighted by Crippen LogP contribution is -2.43. The van der Waals surface area contributed by atoms with E-state index < -0.39 is 10.0 Å². The minimum Gasteiger partial charge on any atom is -0.495 e. The van der Waals surface area contributed by atoms with Crippen molar-refractivity contribution in [1.82, 2.24) is 10.0 Å². The largest absolute Gasteiger partial charge is 0.495 e. The number of rotatable bonds is 5. The molecular weight excluding hydrogens is 314 g/mol. The van der Waals surface area contributed by atoms with Gasteiger partial charge in [0.25, 0.3) is 0 Å². The van der Waals surface area contributed by atoms with Gasteiger partial charge in [-0.05, 0) is 31.0 Å². The number of piperazine rings is 1. The Morgan fingerprint density at radius 3 is 2.57 bits per heavy atom. The van der Waals surface area contributed by atoms with Crippen LogP contribution in [-0.4, -0.2) is 47.7 Å². The lowest BCUT2D eigenvalue weighted by Gasteiger charge is -2.31. The number of methoxy groups -OCH3 is 1. The monoisotopic (exact) mass is 339 g/mol. The summed E-state index contributed by atoms with van der Waals surface area (Å²) in [5.41, 5.74) is 0.850. The van der Waals surface area contributed by atoms with E-state index in [1.165, 1.54) is 0 Å². The van der Waals surface area contributed by atoms with Crippen molar-refractivity contribution in [3.63, 3.8) is 0 Å². The third kappa shape index (κ3) is 3.79.